The second-order valence-electron chi connectivity index (χ2n) is 6.74. The van der Waals surface area contributed by atoms with Gasteiger partial charge in [0.2, 0.25) is 0 Å². The summed E-state index contributed by atoms with van der Waals surface area (Å²) in [7, 11) is 0. The van der Waals surface area contributed by atoms with Gasteiger partial charge in [-0.3, -0.25) is 4.90 Å². The van der Waals surface area contributed by atoms with Crippen LogP contribution in [-0.2, 0) is 0 Å². The van der Waals surface area contributed by atoms with Gasteiger partial charge in [0, 0.05) is 12.6 Å². The highest BCUT2D eigenvalue weighted by molar-refractivity contribution is 4.93. The van der Waals surface area contributed by atoms with Gasteiger partial charge in [-0.25, -0.2) is 0 Å². The maximum atomic E-state index is 3.55. The summed E-state index contributed by atoms with van der Waals surface area (Å²) in [5.41, 5.74) is 0.454. The number of piperidine rings is 2. The molecule has 100 valence electrons. The van der Waals surface area contributed by atoms with Gasteiger partial charge in [0.1, 0.15) is 0 Å². The lowest BCUT2D eigenvalue weighted by atomic mass is 9.77. The Labute approximate surface area is 107 Å². The molecule has 0 aromatic carbocycles. The third kappa shape index (κ3) is 3.23. The first-order chi connectivity index (χ1) is 8.13. The molecular weight excluding hydrogens is 208 g/mol. The van der Waals surface area contributed by atoms with Crippen LogP contribution in [0.4, 0.5) is 0 Å². The van der Waals surface area contributed by atoms with Crippen LogP contribution in [0.1, 0.15) is 52.9 Å². The van der Waals surface area contributed by atoms with Crippen LogP contribution >= 0.6 is 0 Å². The minimum Gasteiger partial charge on any atom is -0.316 e. The fourth-order valence-electron chi connectivity index (χ4n) is 3.80. The van der Waals surface area contributed by atoms with Gasteiger partial charge in [0.25, 0.3) is 0 Å². The summed E-state index contributed by atoms with van der Waals surface area (Å²) >= 11 is 0. The second kappa shape index (κ2) is 5.71. The topological polar surface area (TPSA) is 15.3 Å². The molecule has 0 saturated carbocycles. The molecule has 1 unspecified atom stereocenters. The highest BCUT2D eigenvalue weighted by atomic mass is 15.2. The Morgan fingerprint density at radius 3 is 2.47 bits per heavy atom. The van der Waals surface area contributed by atoms with Crippen molar-refractivity contribution in [2.24, 2.45) is 11.3 Å². The van der Waals surface area contributed by atoms with E-state index >= 15 is 0 Å². The molecule has 1 atom stereocenters. The zero-order chi connectivity index (χ0) is 12.3. The lowest BCUT2D eigenvalue weighted by Gasteiger charge is -2.48. The fraction of sp³-hybridized carbons (Fsp3) is 1.00. The van der Waals surface area contributed by atoms with Crippen LogP contribution in [-0.4, -0.2) is 37.1 Å². The highest BCUT2D eigenvalue weighted by Gasteiger charge is 2.37. The van der Waals surface area contributed by atoms with E-state index in [-0.39, 0.29) is 0 Å². The second-order valence-corrected chi connectivity index (χ2v) is 6.74. The number of likely N-dealkylation sites (tertiary alicyclic amines) is 1. The lowest BCUT2D eigenvalue weighted by molar-refractivity contribution is 0.0327. The van der Waals surface area contributed by atoms with Crippen molar-refractivity contribution < 1.29 is 0 Å². The molecule has 0 spiro atoms. The van der Waals surface area contributed by atoms with Gasteiger partial charge in [-0.05, 0) is 50.2 Å². The van der Waals surface area contributed by atoms with Crippen molar-refractivity contribution in [3.05, 3.63) is 0 Å². The minimum absolute atomic E-state index is 0.454. The molecule has 17 heavy (non-hydrogen) atoms. The molecule has 2 aliphatic rings. The largest absolute Gasteiger partial charge is 0.316 e. The van der Waals surface area contributed by atoms with Crippen molar-refractivity contribution >= 4 is 0 Å². The van der Waals surface area contributed by atoms with Crippen molar-refractivity contribution in [2.45, 2.75) is 58.9 Å². The molecule has 2 heterocycles. The molecular formula is C15H30N2. The first-order valence-corrected chi connectivity index (χ1v) is 7.58. The molecule has 0 radical (unpaired) electrons. The molecule has 2 nitrogen and oxygen atoms in total. The van der Waals surface area contributed by atoms with E-state index in [1.807, 2.05) is 0 Å². The van der Waals surface area contributed by atoms with Crippen LogP contribution in [0, 0.1) is 11.3 Å². The quantitative estimate of drug-likeness (QED) is 0.813. The molecule has 0 aromatic heterocycles. The number of hydrogen-bond acceptors (Lipinski definition) is 2. The molecule has 0 aromatic rings. The summed E-state index contributed by atoms with van der Waals surface area (Å²) in [6.45, 7) is 12.3. The normalized spacial score (nSPS) is 31.6. The third-order valence-corrected chi connectivity index (χ3v) is 4.86. The molecule has 2 heteroatoms. The number of rotatable bonds is 3. The summed E-state index contributed by atoms with van der Waals surface area (Å²) in [4.78, 5) is 2.78. The van der Waals surface area contributed by atoms with Crippen LogP contribution in [0.3, 0.4) is 0 Å². The van der Waals surface area contributed by atoms with Crippen molar-refractivity contribution in [1.82, 2.24) is 10.2 Å². The van der Waals surface area contributed by atoms with Gasteiger partial charge in [-0.15, -0.1) is 0 Å². The van der Waals surface area contributed by atoms with Crippen molar-refractivity contribution in [3.63, 3.8) is 0 Å². The maximum Gasteiger partial charge on any atom is 0.0171 e. The number of nitrogens with zero attached hydrogens (tertiary/aromatic N) is 1. The van der Waals surface area contributed by atoms with Gasteiger partial charge >= 0.3 is 0 Å². The summed E-state index contributed by atoms with van der Waals surface area (Å²) in [5, 5.41) is 3.55. The van der Waals surface area contributed by atoms with Gasteiger partial charge in [-0.1, -0.05) is 33.6 Å². The molecule has 0 amide bonds. The van der Waals surface area contributed by atoms with E-state index in [1.54, 1.807) is 0 Å². The zero-order valence-corrected chi connectivity index (χ0v) is 12.0. The van der Waals surface area contributed by atoms with E-state index in [2.05, 4.69) is 31.0 Å². The Kier molecular flexibility index (Phi) is 4.48. The first kappa shape index (κ1) is 13.4. The standard InChI is InChI=1S/C15H30N2/c1-4-5-13-7-10-17(11-8-13)14-6-9-16-12-15(14,2)3/h13-14,16H,4-12H2,1-3H3. The summed E-state index contributed by atoms with van der Waals surface area (Å²) < 4.78 is 0. The predicted octanol–water partition coefficient (Wildman–Crippen LogP) is 2.89. The molecule has 2 fully saturated rings. The van der Waals surface area contributed by atoms with Crippen molar-refractivity contribution in [1.29, 1.82) is 0 Å². The monoisotopic (exact) mass is 238 g/mol. The molecule has 0 aliphatic carbocycles. The van der Waals surface area contributed by atoms with Gasteiger partial charge in [0.15, 0.2) is 0 Å². The molecule has 2 rings (SSSR count). The van der Waals surface area contributed by atoms with E-state index in [1.165, 1.54) is 58.3 Å². The SMILES string of the molecule is CCCC1CCN(C2CCNCC2(C)C)CC1. The van der Waals surface area contributed by atoms with Crippen LogP contribution in [0.15, 0.2) is 0 Å². The van der Waals surface area contributed by atoms with Gasteiger partial charge in [-0.2, -0.15) is 0 Å². The Balaban J connectivity index is 1.87. The Hall–Kier alpha value is -0.0800. The average molecular weight is 238 g/mol. The number of hydrogen-bond donors (Lipinski definition) is 1. The minimum atomic E-state index is 0.454. The summed E-state index contributed by atoms with van der Waals surface area (Å²) in [6, 6.07) is 0.811. The van der Waals surface area contributed by atoms with E-state index in [0.717, 1.165) is 12.0 Å². The predicted molar refractivity (Wildman–Crippen MR) is 74.3 cm³/mol. The van der Waals surface area contributed by atoms with Crippen LogP contribution in [0.25, 0.3) is 0 Å². The first-order valence-electron chi connectivity index (χ1n) is 7.58. The average Bonchev–Trinajstić information content (AvgIpc) is 2.30. The van der Waals surface area contributed by atoms with E-state index in [4.69, 9.17) is 0 Å². The van der Waals surface area contributed by atoms with Crippen molar-refractivity contribution in [2.75, 3.05) is 26.2 Å². The Morgan fingerprint density at radius 1 is 1.18 bits per heavy atom. The molecule has 1 N–H and O–H groups in total. The fourth-order valence-corrected chi connectivity index (χ4v) is 3.80. The van der Waals surface area contributed by atoms with E-state index < -0.39 is 0 Å². The molecule has 0 bridgehead atoms. The Bertz CT molecular complexity index is 229. The van der Waals surface area contributed by atoms with Crippen LogP contribution in [0.2, 0.25) is 0 Å². The third-order valence-electron chi connectivity index (χ3n) is 4.86. The molecule has 2 saturated heterocycles. The number of nitrogens with one attached hydrogen (secondary N) is 1. The lowest BCUT2D eigenvalue weighted by Crippen LogP contribution is -2.56. The van der Waals surface area contributed by atoms with Crippen molar-refractivity contribution in [3.8, 4) is 0 Å². The van der Waals surface area contributed by atoms with E-state index in [9.17, 15) is 0 Å². The van der Waals surface area contributed by atoms with Crippen LogP contribution in [0.5, 0.6) is 0 Å². The molecule has 2 aliphatic heterocycles. The summed E-state index contributed by atoms with van der Waals surface area (Å²) in [5.74, 6) is 1.01. The van der Waals surface area contributed by atoms with Gasteiger partial charge in [0.05, 0.1) is 0 Å². The summed E-state index contributed by atoms with van der Waals surface area (Å²) in [6.07, 6.45) is 7.03. The smallest absolute Gasteiger partial charge is 0.0171 e. The Morgan fingerprint density at radius 2 is 1.88 bits per heavy atom. The van der Waals surface area contributed by atoms with E-state index in [0.29, 0.717) is 5.41 Å². The van der Waals surface area contributed by atoms with Gasteiger partial charge < -0.3 is 5.32 Å². The van der Waals surface area contributed by atoms with Crippen LogP contribution < -0.4 is 5.32 Å². The zero-order valence-electron chi connectivity index (χ0n) is 12.0. The highest BCUT2D eigenvalue weighted by Crippen LogP contribution is 2.33. The maximum absolute atomic E-state index is 3.55.